The van der Waals surface area contributed by atoms with Crippen LogP contribution < -0.4 is 0 Å². The number of pyridine rings is 1. The van der Waals surface area contributed by atoms with Gasteiger partial charge in [0.25, 0.3) is 0 Å². The molecule has 0 spiro atoms. The van der Waals surface area contributed by atoms with Gasteiger partial charge in [-0.2, -0.15) is 0 Å². The van der Waals surface area contributed by atoms with Crippen molar-refractivity contribution in [3.8, 4) is 0 Å². The zero-order chi connectivity index (χ0) is 15.8. The first-order valence-electron chi connectivity index (χ1n) is 7.94. The molecule has 0 N–H and O–H groups in total. The molecular formula is C18H18BrN3S. The van der Waals surface area contributed by atoms with Crippen LogP contribution in [0.1, 0.15) is 36.7 Å². The van der Waals surface area contributed by atoms with Gasteiger partial charge in [0.05, 0.1) is 11.7 Å². The molecule has 0 aliphatic carbocycles. The third kappa shape index (κ3) is 2.60. The Morgan fingerprint density at radius 2 is 2.04 bits per heavy atom. The highest BCUT2D eigenvalue weighted by Crippen LogP contribution is 2.49. The van der Waals surface area contributed by atoms with Gasteiger partial charge in [-0.25, -0.2) is 0 Å². The maximum atomic E-state index is 5.04. The molecule has 0 radical (unpaired) electrons. The van der Waals surface area contributed by atoms with Gasteiger partial charge in [0.2, 0.25) is 0 Å². The Morgan fingerprint density at radius 3 is 2.78 bits per heavy atom. The summed E-state index contributed by atoms with van der Waals surface area (Å²) in [5.41, 5.74) is 2.34. The second-order valence-corrected chi connectivity index (χ2v) is 7.70. The van der Waals surface area contributed by atoms with Crippen molar-refractivity contribution in [3.05, 3.63) is 64.4 Å². The highest BCUT2D eigenvalue weighted by atomic mass is 79.9. The maximum absolute atomic E-state index is 5.04. The Morgan fingerprint density at radius 1 is 1.22 bits per heavy atom. The van der Waals surface area contributed by atoms with Gasteiger partial charge in [0.15, 0.2) is 5.17 Å². The lowest BCUT2D eigenvalue weighted by Crippen LogP contribution is -2.35. The molecule has 1 fully saturated rings. The van der Waals surface area contributed by atoms with Crippen molar-refractivity contribution in [1.82, 2.24) is 9.88 Å². The minimum Gasteiger partial charge on any atom is -0.338 e. The average molecular weight is 388 g/mol. The van der Waals surface area contributed by atoms with Crippen LogP contribution in [0.25, 0.3) is 0 Å². The predicted octanol–water partition coefficient (Wildman–Crippen LogP) is 4.82. The van der Waals surface area contributed by atoms with Gasteiger partial charge in [0.1, 0.15) is 6.04 Å². The fourth-order valence-corrected chi connectivity index (χ4v) is 5.26. The van der Waals surface area contributed by atoms with Crippen LogP contribution in [0, 0.1) is 0 Å². The number of amidine groups is 1. The third-order valence-corrected chi connectivity index (χ3v) is 6.40. The molecule has 0 saturated carbocycles. The van der Waals surface area contributed by atoms with Crippen molar-refractivity contribution in [2.24, 2.45) is 4.99 Å². The number of hydrogen-bond acceptors (Lipinski definition) is 4. The van der Waals surface area contributed by atoms with E-state index in [4.69, 9.17) is 4.99 Å². The van der Waals surface area contributed by atoms with Crippen molar-refractivity contribution in [3.63, 3.8) is 0 Å². The third-order valence-electron chi connectivity index (χ3n) is 4.55. The fourth-order valence-electron chi connectivity index (χ4n) is 3.40. The van der Waals surface area contributed by atoms with E-state index in [2.05, 4.69) is 63.1 Å². The predicted molar refractivity (Wildman–Crippen MR) is 99.7 cm³/mol. The van der Waals surface area contributed by atoms with E-state index in [1.54, 1.807) is 0 Å². The van der Waals surface area contributed by atoms with Crippen LogP contribution in [0.2, 0.25) is 0 Å². The lowest BCUT2D eigenvalue weighted by atomic mass is 9.95. The van der Waals surface area contributed by atoms with Gasteiger partial charge >= 0.3 is 0 Å². The van der Waals surface area contributed by atoms with Crippen LogP contribution in [0.4, 0.5) is 0 Å². The zero-order valence-corrected chi connectivity index (χ0v) is 15.3. The molecule has 2 aliphatic heterocycles. The molecule has 3 atom stereocenters. The normalized spacial score (nSPS) is 26.3. The van der Waals surface area contributed by atoms with E-state index in [1.165, 1.54) is 10.7 Å². The molecular weight excluding hydrogens is 370 g/mol. The van der Waals surface area contributed by atoms with Gasteiger partial charge in [-0.05, 0) is 30.2 Å². The van der Waals surface area contributed by atoms with Crippen LogP contribution in [0.5, 0.6) is 0 Å². The number of fused-ring (bicyclic) bond motifs is 1. The number of halogens is 1. The number of thioether (sulfide) groups is 1. The van der Waals surface area contributed by atoms with E-state index in [-0.39, 0.29) is 12.1 Å². The number of nitrogens with zero attached hydrogens (tertiary/aromatic N) is 3. The summed E-state index contributed by atoms with van der Waals surface area (Å²) < 4.78 is 1.15. The summed E-state index contributed by atoms with van der Waals surface area (Å²) in [4.78, 5) is 12.1. The molecule has 3 nitrogen and oxygen atoms in total. The first-order valence-corrected chi connectivity index (χ1v) is 9.71. The molecule has 23 heavy (non-hydrogen) atoms. The second kappa shape index (κ2) is 6.29. The Bertz CT molecular complexity index is 734. The monoisotopic (exact) mass is 387 g/mol. The summed E-state index contributed by atoms with van der Waals surface area (Å²) >= 11 is 5.62. The van der Waals surface area contributed by atoms with Crippen molar-refractivity contribution in [1.29, 1.82) is 0 Å². The van der Waals surface area contributed by atoms with Gasteiger partial charge < -0.3 is 4.90 Å². The summed E-state index contributed by atoms with van der Waals surface area (Å²) in [6.45, 7) is 2.26. The standard InChI is InChI=1S/C18H18BrN3S/c1-2-12-11-23-18-21-16(15-9-5-6-10-20-15)17(22(12)18)13-7-3-4-8-14(13)19/h3-10,12,16-17H,2,11H2,1H3/t12-,16+,17+/m1/s1. The Balaban J connectivity index is 1.82. The Labute approximate surface area is 149 Å². The second-order valence-electron chi connectivity index (χ2n) is 5.86. The van der Waals surface area contributed by atoms with Crippen LogP contribution in [0.3, 0.4) is 0 Å². The van der Waals surface area contributed by atoms with Gasteiger partial charge in [0, 0.05) is 22.5 Å². The first kappa shape index (κ1) is 15.2. The molecule has 118 valence electrons. The van der Waals surface area contributed by atoms with Crippen LogP contribution in [-0.2, 0) is 0 Å². The van der Waals surface area contributed by atoms with E-state index >= 15 is 0 Å². The molecule has 5 heteroatoms. The lowest BCUT2D eigenvalue weighted by Gasteiger charge is -2.32. The quantitative estimate of drug-likeness (QED) is 0.755. The molecule has 0 amide bonds. The number of hydrogen-bond donors (Lipinski definition) is 0. The van der Waals surface area contributed by atoms with E-state index < -0.39 is 0 Å². The first-order chi connectivity index (χ1) is 11.3. The number of benzene rings is 1. The van der Waals surface area contributed by atoms with Crippen LogP contribution in [0.15, 0.2) is 58.1 Å². The summed E-state index contributed by atoms with van der Waals surface area (Å²) in [5.74, 6) is 1.13. The Kier molecular flexibility index (Phi) is 4.16. The molecule has 2 aromatic rings. The SMILES string of the molecule is CC[C@@H]1CSC2=N[C@@H](c3ccccn3)[C@H](c3ccccc3Br)N21. The number of aliphatic imine (C=N–C) groups is 1. The molecule has 0 bridgehead atoms. The molecule has 4 rings (SSSR count). The van der Waals surface area contributed by atoms with E-state index in [0.717, 1.165) is 22.3 Å². The van der Waals surface area contributed by atoms with Crippen molar-refractivity contribution in [2.75, 3.05) is 5.75 Å². The topological polar surface area (TPSA) is 28.5 Å². The van der Waals surface area contributed by atoms with Crippen molar-refractivity contribution >= 4 is 32.9 Å². The summed E-state index contributed by atoms with van der Waals surface area (Å²) in [6.07, 6.45) is 3.00. The van der Waals surface area contributed by atoms with E-state index in [9.17, 15) is 0 Å². The van der Waals surface area contributed by atoms with Crippen molar-refractivity contribution < 1.29 is 0 Å². The highest BCUT2D eigenvalue weighted by molar-refractivity contribution is 9.10. The maximum Gasteiger partial charge on any atom is 0.160 e. The van der Waals surface area contributed by atoms with Gasteiger partial charge in [-0.3, -0.25) is 9.98 Å². The molecule has 1 aromatic heterocycles. The van der Waals surface area contributed by atoms with E-state index in [0.29, 0.717) is 6.04 Å². The number of aromatic nitrogens is 1. The largest absolute Gasteiger partial charge is 0.338 e. The molecule has 3 heterocycles. The minimum absolute atomic E-state index is 0.0618. The summed E-state index contributed by atoms with van der Waals surface area (Å²) in [5, 5.41) is 1.17. The zero-order valence-electron chi connectivity index (χ0n) is 12.9. The fraction of sp³-hybridized carbons (Fsp3) is 0.333. The smallest absolute Gasteiger partial charge is 0.160 e. The molecule has 0 unspecified atom stereocenters. The average Bonchev–Trinajstić information content (AvgIpc) is 3.15. The lowest BCUT2D eigenvalue weighted by molar-refractivity contribution is 0.254. The summed E-state index contributed by atoms with van der Waals surface area (Å²) in [6, 6.07) is 15.4. The molecule has 1 saturated heterocycles. The molecule has 1 aromatic carbocycles. The van der Waals surface area contributed by atoms with Gasteiger partial charge in [-0.15, -0.1) is 0 Å². The molecule has 2 aliphatic rings. The van der Waals surface area contributed by atoms with Crippen LogP contribution >= 0.6 is 27.7 Å². The van der Waals surface area contributed by atoms with Gasteiger partial charge in [-0.1, -0.05) is 58.9 Å². The van der Waals surface area contributed by atoms with E-state index in [1.807, 2.05) is 30.1 Å². The minimum atomic E-state index is 0.0618. The van der Waals surface area contributed by atoms with Crippen molar-refractivity contribution in [2.45, 2.75) is 31.5 Å². The highest BCUT2D eigenvalue weighted by Gasteiger charge is 2.45. The number of rotatable bonds is 3. The van der Waals surface area contributed by atoms with Crippen LogP contribution in [-0.4, -0.2) is 26.8 Å². The Hall–Kier alpha value is -1.33. The summed E-state index contributed by atoms with van der Waals surface area (Å²) in [7, 11) is 0.